The zero-order chi connectivity index (χ0) is 14.5. The third-order valence-electron chi connectivity index (χ3n) is 3.57. The lowest BCUT2D eigenvalue weighted by molar-refractivity contribution is -0.126. The molecule has 0 heterocycles. The summed E-state index contributed by atoms with van der Waals surface area (Å²) < 4.78 is 0. The molecule has 0 aliphatic heterocycles. The maximum absolute atomic E-state index is 12.0. The van der Waals surface area contributed by atoms with Crippen LogP contribution >= 0.6 is 0 Å². The Morgan fingerprint density at radius 1 is 1.15 bits per heavy atom. The Morgan fingerprint density at radius 3 is 2.60 bits per heavy atom. The fourth-order valence-electron chi connectivity index (χ4n) is 2.39. The van der Waals surface area contributed by atoms with Crippen LogP contribution in [-0.2, 0) is 4.79 Å². The number of carbonyl (C=O) groups is 2. The maximum Gasteiger partial charge on any atom is 0.269 e. The lowest BCUT2D eigenvalue weighted by atomic mass is 9.94. The van der Waals surface area contributed by atoms with Crippen LogP contribution in [0.3, 0.4) is 0 Å². The summed E-state index contributed by atoms with van der Waals surface area (Å²) in [5.74, 6) is -0.436. The third kappa shape index (κ3) is 3.47. The second-order valence-corrected chi connectivity index (χ2v) is 5.24. The molecule has 1 atom stereocenters. The van der Waals surface area contributed by atoms with Gasteiger partial charge in [0.05, 0.1) is 0 Å². The average Bonchev–Trinajstić information content (AvgIpc) is 2.45. The van der Waals surface area contributed by atoms with E-state index in [1.807, 2.05) is 32.1 Å². The monoisotopic (exact) mass is 272 g/mol. The molecule has 1 aliphatic rings. The normalized spacial score (nSPS) is 17.6. The average molecular weight is 272 g/mol. The zero-order valence-corrected chi connectivity index (χ0v) is 11.9. The lowest BCUT2D eigenvalue weighted by Crippen LogP contribution is -2.44. The van der Waals surface area contributed by atoms with Crippen molar-refractivity contribution in [2.45, 2.75) is 33.1 Å². The summed E-state index contributed by atoms with van der Waals surface area (Å²) in [4.78, 5) is 23.9. The van der Waals surface area contributed by atoms with Crippen LogP contribution in [0.1, 0.15) is 40.7 Å². The van der Waals surface area contributed by atoms with Crippen LogP contribution in [0.25, 0.3) is 0 Å². The van der Waals surface area contributed by atoms with Crippen LogP contribution in [0.15, 0.2) is 30.4 Å². The summed E-state index contributed by atoms with van der Waals surface area (Å²) in [6.45, 7) is 3.86. The molecule has 4 nitrogen and oxygen atoms in total. The minimum atomic E-state index is -0.276. The van der Waals surface area contributed by atoms with Gasteiger partial charge in [0.1, 0.15) is 0 Å². The van der Waals surface area contributed by atoms with E-state index in [4.69, 9.17) is 0 Å². The molecule has 0 saturated carbocycles. The van der Waals surface area contributed by atoms with Gasteiger partial charge in [-0.3, -0.25) is 20.4 Å². The standard InChI is InChI=1S/C16H20N2O2/c1-11-8-9-14(12(2)10-11)16(20)18-17-15(19)13-6-4-3-5-7-13/h3-4,8-10,13H,5-7H2,1-2H3,(H,17,19)(H,18,20)/t13-/m1/s1. The first-order valence-corrected chi connectivity index (χ1v) is 6.90. The minimum Gasteiger partial charge on any atom is -0.273 e. The fourth-order valence-corrected chi connectivity index (χ4v) is 2.39. The summed E-state index contributed by atoms with van der Waals surface area (Å²) >= 11 is 0. The first-order chi connectivity index (χ1) is 9.58. The van der Waals surface area contributed by atoms with Crippen LogP contribution in [0.5, 0.6) is 0 Å². The van der Waals surface area contributed by atoms with Crippen LogP contribution < -0.4 is 10.9 Å². The molecule has 1 aromatic rings. The zero-order valence-electron chi connectivity index (χ0n) is 11.9. The molecule has 0 fully saturated rings. The highest BCUT2D eigenvalue weighted by Crippen LogP contribution is 2.17. The molecule has 0 spiro atoms. The molecular formula is C16H20N2O2. The van der Waals surface area contributed by atoms with Gasteiger partial charge < -0.3 is 0 Å². The Balaban J connectivity index is 1.91. The van der Waals surface area contributed by atoms with Gasteiger partial charge in [0.15, 0.2) is 0 Å². The number of nitrogens with one attached hydrogen (secondary N) is 2. The molecule has 2 rings (SSSR count). The smallest absolute Gasteiger partial charge is 0.269 e. The third-order valence-corrected chi connectivity index (χ3v) is 3.57. The topological polar surface area (TPSA) is 58.2 Å². The van der Waals surface area contributed by atoms with Crippen molar-refractivity contribution >= 4 is 11.8 Å². The Hall–Kier alpha value is -2.10. The summed E-state index contributed by atoms with van der Waals surface area (Å²) in [7, 11) is 0. The molecule has 0 bridgehead atoms. The van der Waals surface area contributed by atoms with Crippen LogP contribution in [0.4, 0.5) is 0 Å². The molecule has 4 heteroatoms. The fraction of sp³-hybridized carbons (Fsp3) is 0.375. The molecule has 0 radical (unpaired) electrons. The van der Waals surface area contributed by atoms with E-state index in [1.165, 1.54) is 0 Å². The van der Waals surface area contributed by atoms with Crippen molar-refractivity contribution in [1.29, 1.82) is 0 Å². The first kappa shape index (κ1) is 14.3. The van der Waals surface area contributed by atoms with Gasteiger partial charge in [0.25, 0.3) is 5.91 Å². The number of rotatable bonds is 2. The van der Waals surface area contributed by atoms with E-state index in [-0.39, 0.29) is 17.7 Å². The Morgan fingerprint density at radius 2 is 1.95 bits per heavy atom. The highest BCUT2D eigenvalue weighted by atomic mass is 16.2. The van der Waals surface area contributed by atoms with Crippen molar-refractivity contribution in [2.75, 3.05) is 0 Å². The molecule has 106 valence electrons. The predicted molar refractivity (Wildman–Crippen MR) is 78.0 cm³/mol. The van der Waals surface area contributed by atoms with E-state index >= 15 is 0 Å². The lowest BCUT2D eigenvalue weighted by Gasteiger charge is -2.17. The molecule has 0 unspecified atom stereocenters. The molecular weight excluding hydrogens is 252 g/mol. The summed E-state index contributed by atoms with van der Waals surface area (Å²) in [5, 5.41) is 0. The predicted octanol–water partition coefficient (Wildman–Crippen LogP) is 2.42. The minimum absolute atomic E-state index is 0.0422. The quantitative estimate of drug-likeness (QED) is 0.641. The van der Waals surface area contributed by atoms with Gasteiger partial charge in [-0.2, -0.15) is 0 Å². The summed E-state index contributed by atoms with van der Waals surface area (Å²) in [5.41, 5.74) is 7.61. The van der Waals surface area contributed by atoms with Crippen LogP contribution in [0, 0.1) is 19.8 Å². The van der Waals surface area contributed by atoms with Gasteiger partial charge in [-0.05, 0) is 44.7 Å². The van der Waals surface area contributed by atoms with Crippen LogP contribution in [-0.4, -0.2) is 11.8 Å². The van der Waals surface area contributed by atoms with Gasteiger partial charge in [0.2, 0.25) is 5.91 Å². The van der Waals surface area contributed by atoms with Gasteiger partial charge in [0, 0.05) is 11.5 Å². The Bertz CT molecular complexity index is 549. The van der Waals surface area contributed by atoms with Crippen molar-refractivity contribution in [2.24, 2.45) is 5.92 Å². The van der Waals surface area contributed by atoms with E-state index in [2.05, 4.69) is 16.9 Å². The van der Waals surface area contributed by atoms with E-state index in [0.29, 0.717) is 5.56 Å². The number of aryl methyl sites for hydroxylation is 2. The van der Waals surface area contributed by atoms with E-state index in [0.717, 1.165) is 30.4 Å². The summed E-state index contributed by atoms with van der Waals surface area (Å²) in [6, 6.07) is 5.60. The highest BCUT2D eigenvalue weighted by molar-refractivity contribution is 5.96. The molecule has 20 heavy (non-hydrogen) atoms. The number of hydrogen-bond acceptors (Lipinski definition) is 2. The van der Waals surface area contributed by atoms with E-state index in [1.54, 1.807) is 6.07 Å². The molecule has 1 aliphatic carbocycles. The van der Waals surface area contributed by atoms with Gasteiger partial charge in [-0.1, -0.05) is 29.8 Å². The van der Waals surface area contributed by atoms with Crippen LogP contribution in [0.2, 0.25) is 0 Å². The van der Waals surface area contributed by atoms with Gasteiger partial charge >= 0.3 is 0 Å². The van der Waals surface area contributed by atoms with Gasteiger partial charge in [-0.15, -0.1) is 0 Å². The van der Waals surface area contributed by atoms with Gasteiger partial charge in [-0.25, -0.2) is 0 Å². The van der Waals surface area contributed by atoms with Crippen molar-refractivity contribution in [1.82, 2.24) is 10.9 Å². The Kier molecular flexibility index (Phi) is 4.56. The van der Waals surface area contributed by atoms with E-state index < -0.39 is 0 Å². The highest BCUT2D eigenvalue weighted by Gasteiger charge is 2.19. The largest absolute Gasteiger partial charge is 0.273 e. The number of carbonyl (C=O) groups excluding carboxylic acids is 2. The first-order valence-electron chi connectivity index (χ1n) is 6.90. The molecule has 1 aromatic carbocycles. The number of hydrazine groups is 1. The SMILES string of the molecule is Cc1ccc(C(=O)NNC(=O)[C@@H]2CC=CCC2)c(C)c1. The van der Waals surface area contributed by atoms with Crippen molar-refractivity contribution in [3.8, 4) is 0 Å². The molecule has 0 saturated heterocycles. The van der Waals surface area contributed by atoms with Crippen molar-refractivity contribution in [3.63, 3.8) is 0 Å². The number of amides is 2. The number of hydrogen-bond donors (Lipinski definition) is 2. The number of benzene rings is 1. The second-order valence-electron chi connectivity index (χ2n) is 5.24. The Labute approximate surface area is 119 Å². The maximum atomic E-state index is 12.0. The number of allylic oxidation sites excluding steroid dienone is 2. The van der Waals surface area contributed by atoms with Crippen molar-refractivity contribution < 1.29 is 9.59 Å². The molecule has 2 amide bonds. The van der Waals surface area contributed by atoms with E-state index in [9.17, 15) is 9.59 Å². The molecule has 2 N–H and O–H groups in total. The molecule has 0 aromatic heterocycles. The van der Waals surface area contributed by atoms with Crippen molar-refractivity contribution in [3.05, 3.63) is 47.0 Å². The second kappa shape index (κ2) is 6.37. The summed E-state index contributed by atoms with van der Waals surface area (Å²) in [6.07, 6.45) is 6.59.